The summed E-state index contributed by atoms with van der Waals surface area (Å²) in [6, 6.07) is 11.5. The summed E-state index contributed by atoms with van der Waals surface area (Å²) in [4.78, 5) is 11.6. The topological polar surface area (TPSA) is 105 Å². The van der Waals surface area contributed by atoms with Crippen LogP contribution >= 0.6 is 0 Å². The Kier molecular flexibility index (Phi) is 4.64. The molecule has 2 aromatic rings. The van der Waals surface area contributed by atoms with Crippen LogP contribution in [0.25, 0.3) is 0 Å². The van der Waals surface area contributed by atoms with Crippen LogP contribution in [0.4, 0.5) is 16.2 Å². The first kappa shape index (κ1) is 15.8. The molecule has 2 aromatic carbocycles. The summed E-state index contributed by atoms with van der Waals surface area (Å²) < 4.78 is 36.2. The molecule has 0 heterocycles. The van der Waals surface area contributed by atoms with Gasteiger partial charge < -0.3 is 15.4 Å². The van der Waals surface area contributed by atoms with Crippen LogP contribution in [-0.2, 0) is 10.1 Å². The molecule has 0 saturated carbocycles. The fourth-order valence-corrected chi connectivity index (χ4v) is 2.29. The second-order valence-corrected chi connectivity index (χ2v) is 5.70. The van der Waals surface area contributed by atoms with Gasteiger partial charge in [-0.25, -0.2) is 4.79 Å². The minimum atomic E-state index is -4.32. The molecule has 0 unspecified atom stereocenters. The fraction of sp³-hybridized carbons (Fsp3) is 0.0714. The van der Waals surface area contributed by atoms with Gasteiger partial charge in [-0.3, -0.25) is 4.55 Å². The largest absolute Gasteiger partial charge is 0.495 e. The Balaban J connectivity index is 2.13. The number of hydrogen-bond acceptors (Lipinski definition) is 4. The van der Waals surface area contributed by atoms with Gasteiger partial charge in [0.1, 0.15) is 5.75 Å². The van der Waals surface area contributed by atoms with E-state index in [9.17, 15) is 13.2 Å². The summed E-state index contributed by atoms with van der Waals surface area (Å²) in [7, 11) is -2.84. The van der Waals surface area contributed by atoms with Crippen molar-refractivity contribution in [1.82, 2.24) is 0 Å². The van der Waals surface area contributed by atoms with Gasteiger partial charge in [-0.1, -0.05) is 18.2 Å². The number of carbonyl (C=O) groups is 1. The summed E-state index contributed by atoms with van der Waals surface area (Å²) in [5.41, 5.74) is 0.691. The standard InChI is InChI=1S/C14H14N2O5S/c1-21-13-8-3-2-7-12(13)16-14(17)15-10-5-4-6-11(9-10)22(18,19)20/h2-9H,1H3,(H2,15,16,17)(H,18,19,20). The SMILES string of the molecule is COc1ccccc1NC(=O)Nc1cccc(S(=O)(=O)O)c1. The molecule has 0 saturated heterocycles. The van der Waals surface area contributed by atoms with Crippen molar-refractivity contribution >= 4 is 27.5 Å². The van der Waals surface area contributed by atoms with Crippen molar-refractivity contribution in [3.05, 3.63) is 48.5 Å². The zero-order valence-corrected chi connectivity index (χ0v) is 12.4. The van der Waals surface area contributed by atoms with Gasteiger partial charge in [0.25, 0.3) is 10.1 Å². The molecule has 116 valence electrons. The average molecular weight is 322 g/mol. The van der Waals surface area contributed by atoms with Crippen LogP contribution in [0.5, 0.6) is 5.75 Å². The zero-order valence-electron chi connectivity index (χ0n) is 11.6. The molecular weight excluding hydrogens is 308 g/mol. The van der Waals surface area contributed by atoms with E-state index in [1.165, 1.54) is 25.3 Å². The summed E-state index contributed by atoms with van der Waals surface area (Å²) in [6.07, 6.45) is 0. The molecule has 22 heavy (non-hydrogen) atoms. The highest BCUT2D eigenvalue weighted by Gasteiger charge is 2.11. The minimum absolute atomic E-state index is 0.225. The van der Waals surface area contributed by atoms with E-state index in [1.807, 2.05) is 0 Å². The summed E-state index contributed by atoms with van der Waals surface area (Å²) in [5.74, 6) is 0.490. The lowest BCUT2D eigenvalue weighted by atomic mass is 10.3. The molecular formula is C14H14N2O5S. The molecule has 2 amide bonds. The lowest BCUT2D eigenvalue weighted by molar-refractivity contribution is 0.262. The smallest absolute Gasteiger partial charge is 0.323 e. The molecule has 3 N–H and O–H groups in total. The number of nitrogens with one attached hydrogen (secondary N) is 2. The predicted octanol–water partition coefficient (Wildman–Crippen LogP) is 2.59. The summed E-state index contributed by atoms with van der Waals surface area (Å²) in [5, 5.41) is 5.05. The number of methoxy groups -OCH3 is 1. The highest BCUT2D eigenvalue weighted by molar-refractivity contribution is 7.85. The van der Waals surface area contributed by atoms with E-state index >= 15 is 0 Å². The highest BCUT2D eigenvalue weighted by Crippen LogP contribution is 2.23. The molecule has 0 fully saturated rings. The molecule has 0 bridgehead atoms. The first-order chi connectivity index (χ1) is 10.4. The Morgan fingerprint density at radius 2 is 1.82 bits per heavy atom. The second-order valence-electron chi connectivity index (χ2n) is 4.28. The van der Waals surface area contributed by atoms with Crippen LogP contribution < -0.4 is 15.4 Å². The maximum absolute atomic E-state index is 11.9. The third kappa shape index (κ3) is 3.96. The van der Waals surface area contributed by atoms with Crippen LogP contribution in [-0.4, -0.2) is 26.1 Å². The third-order valence-electron chi connectivity index (χ3n) is 2.74. The fourth-order valence-electron chi connectivity index (χ4n) is 1.77. The van der Waals surface area contributed by atoms with Crippen LogP contribution in [0.15, 0.2) is 53.4 Å². The summed E-state index contributed by atoms with van der Waals surface area (Å²) >= 11 is 0. The van der Waals surface area contributed by atoms with E-state index in [2.05, 4.69) is 10.6 Å². The van der Waals surface area contributed by atoms with Crippen molar-refractivity contribution in [1.29, 1.82) is 0 Å². The van der Waals surface area contributed by atoms with Crippen molar-refractivity contribution in [2.24, 2.45) is 0 Å². The zero-order chi connectivity index (χ0) is 16.2. The molecule has 0 atom stereocenters. The monoisotopic (exact) mass is 322 g/mol. The quantitative estimate of drug-likeness (QED) is 0.750. The number of anilines is 2. The Morgan fingerprint density at radius 1 is 1.09 bits per heavy atom. The van der Waals surface area contributed by atoms with E-state index in [1.54, 1.807) is 24.3 Å². The number of benzene rings is 2. The van der Waals surface area contributed by atoms with Gasteiger partial charge in [-0.05, 0) is 30.3 Å². The molecule has 0 aliphatic rings. The first-order valence-corrected chi connectivity index (χ1v) is 7.63. The van der Waals surface area contributed by atoms with Crippen molar-refractivity contribution in [2.45, 2.75) is 4.90 Å². The number of ether oxygens (including phenoxy) is 1. The van der Waals surface area contributed by atoms with Crippen LogP contribution in [0, 0.1) is 0 Å². The van der Waals surface area contributed by atoms with Crippen LogP contribution in [0.2, 0.25) is 0 Å². The van der Waals surface area contributed by atoms with E-state index in [4.69, 9.17) is 9.29 Å². The molecule has 8 heteroatoms. The number of hydrogen-bond donors (Lipinski definition) is 3. The number of carbonyl (C=O) groups excluding carboxylic acids is 1. The normalized spacial score (nSPS) is 10.8. The van der Waals surface area contributed by atoms with Crippen molar-refractivity contribution in [3.63, 3.8) is 0 Å². The maximum atomic E-state index is 11.9. The molecule has 7 nitrogen and oxygen atoms in total. The lowest BCUT2D eigenvalue weighted by Crippen LogP contribution is -2.20. The van der Waals surface area contributed by atoms with Crippen LogP contribution in [0.1, 0.15) is 0 Å². The van der Waals surface area contributed by atoms with Crippen molar-refractivity contribution in [2.75, 3.05) is 17.7 Å². The number of para-hydroxylation sites is 2. The summed E-state index contributed by atoms with van der Waals surface area (Å²) in [6.45, 7) is 0. The Hall–Kier alpha value is -2.58. The van der Waals surface area contributed by atoms with Crippen LogP contribution in [0.3, 0.4) is 0 Å². The third-order valence-corrected chi connectivity index (χ3v) is 3.59. The molecule has 0 radical (unpaired) electrons. The number of rotatable bonds is 4. The second kappa shape index (κ2) is 6.46. The van der Waals surface area contributed by atoms with Gasteiger partial charge in [-0.15, -0.1) is 0 Å². The van der Waals surface area contributed by atoms with Gasteiger partial charge in [0.05, 0.1) is 17.7 Å². The Labute approximate surface area is 127 Å². The predicted molar refractivity (Wildman–Crippen MR) is 81.9 cm³/mol. The van der Waals surface area contributed by atoms with Gasteiger partial charge >= 0.3 is 6.03 Å². The van der Waals surface area contributed by atoms with Gasteiger partial charge in [0.2, 0.25) is 0 Å². The molecule has 2 rings (SSSR count). The Morgan fingerprint density at radius 3 is 2.50 bits per heavy atom. The first-order valence-electron chi connectivity index (χ1n) is 6.19. The van der Waals surface area contributed by atoms with Gasteiger partial charge in [0.15, 0.2) is 0 Å². The number of urea groups is 1. The number of amides is 2. The Bertz CT molecular complexity index is 789. The molecule has 0 aliphatic heterocycles. The van der Waals surface area contributed by atoms with E-state index in [0.29, 0.717) is 11.4 Å². The van der Waals surface area contributed by atoms with Gasteiger partial charge in [0, 0.05) is 5.69 Å². The average Bonchev–Trinajstić information content (AvgIpc) is 2.47. The maximum Gasteiger partial charge on any atom is 0.323 e. The van der Waals surface area contributed by atoms with E-state index in [-0.39, 0.29) is 10.6 Å². The van der Waals surface area contributed by atoms with Gasteiger partial charge in [-0.2, -0.15) is 8.42 Å². The van der Waals surface area contributed by atoms with E-state index in [0.717, 1.165) is 6.07 Å². The van der Waals surface area contributed by atoms with Crippen molar-refractivity contribution in [3.8, 4) is 5.75 Å². The highest BCUT2D eigenvalue weighted by atomic mass is 32.2. The van der Waals surface area contributed by atoms with E-state index < -0.39 is 16.1 Å². The molecule has 0 aliphatic carbocycles. The molecule has 0 spiro atoms. The van der Waals surface area contributed by atoms with Crippen molar-refractivity contribution < 1.29 is 22.5 Å². The molecule has 0 aromatic heterocycles. The lowest BCUT2D eigenvalue weighted by Gasteiger charge is -2.11. The minimum Gasteiger partial charge on any atom is -0.495 e.